The van der Waals surface area contributed by atoms with Crippen molar-refractivity contribution < 1.29 is 18.3 Å². The predicted octanol–water partition coefficient (Wildman–Crippen LogP) is 0.0512. The largest absolute Gasteiger partial charge is 0.480 e. The Hall–Kier alpha value is -0.880. The number of hydrogen-bond acceptors (Lipinski definition) is 3. The molecule has 0 spiro atoms. The lowest BCUT2D eigenvalue weighted by atomic mass is 10.3. The molecule has 1 saturated carbocycles. The van der Waals surface area contributed by atoms with Gasteiger partial charge in [-0.1, -0.05) is 12.2 Å². The third-order valence-corrected chi connectivity index (χ3v) is 5.01. The second kappa shape index (κ2) is 3.61. The van der Waals surface area contributed by atoms with Crippen LogP contribution in [0.2, 0.25) is 0 Å². The molecule has 1 unspecified atom stereocenters. The molecule has 0 aromatic heterocycles. The molecule has 1 heterocycles. The van der Waals surface area contributed by atoms with Crippen LogP contribution in [0.1, 0.15) is 12.8 Å². The highest BCUT2D eigenvalue weighted by Crippen LogP contribution is 2.37. The van der Waals surface area contributed by atoms with E-state index in [9.17, 15) is 13.2 Å². The van der Waals surface area contributed by atoms with Crippen LogP contribution in [-0.4, -0.2) is 42.1 Å². The molecule has 2 rings (SSSR count). The van der Waals surface area contributed by atoms with Crippen molar-refractivity contribution in [1.29, 1.82) is 0 Å². The lowest BCUT2D eigenvalue weighted by molar-refractivity contribution is -0.137. The fourth-order valence-electron chi connectivity index (χ4n) is 1.80. The van der Waals surface area contributed by atoms with Crippen LogP contribution in [0.25, 0.3) is 0 Å². The molecular formula is C9H13NO4S. The fourth-order valence-corrected chi connectivity index (χ4v) is 3.72. The fraction of sp³-hybridized carbons (Fsp3) is 0.667. The smallest absolute Gasteiger partial charge is 0.323 e. The van der Waals surface area contributed by atoms with Gasteiger partial charge in [-0.3, -0.25) is 4.79 Å². The summed E-state index contributed by atoms with van der Waals surface area (Å²) < 4.78 is 25.1. The van der Waals surface area contributed by atoms with E-state index < -0.39 is 21.2 Å². The number of aliphatic carboxylic acids is 1. The SMILES string of the molecule is O=C(O)C(C1CC1)S(=O)(=O)N1CC=CC1. The summed E-state index contributed by atoms with van der Waals surface area (Å²) in [6.07, 6.45) is 4.89. The molecular weight excluding hydrogens is 218 g/mol. The Morgan fingerprint density at radius 1 is 1.33 bits per heavy atom. The number of sulfonamides is 1. The molecule has 15 heavy (non-hydrogen) atoms. The Labute approximate surface area is 88.4 Å². The van der Waals surface area contributed by atoms with Crippen molar-refractivity contribution in [2.24, 2.45) is 5.92 Å². The molecule has 84 valence electrons. The second-order valence-electron chi connectivity index (χ2n) is 3.93. The van der Waals surface area contributed by atoms with Gasteiger partial charge in [0.15, 0.2) is 5.25 Å². The summed E-state index contributed by atoms with van der Waals surface area (Å²) in [6, 6.07) is 0. The summed E-state index contributed by atoms with van der Waals surface area (Å²) >= 11 is 0. The predicted molar refractivity (Wildman–Crippen MR) is 53.8 cm³/mol. The van der Waals surface area contributed by atoms with E-state index in [0.29, 0.717) is 25.9 Å². The molecule has 1 aliphatic heterocycles. The van der Waals surface area contributed by atoms with Crippen LogP contribution in [-0.2, 0) is 14.8 Å². The van der Waals surface area contributed by atoms with Crippen molar-refractivity contribution in [2.75, 3.05) is 13.1 Å². The molecule has 0 saturated heterocycles. The highest BCUT2D eigenvalue weighted by Gasteiger charge is 2.47. The number of nitrogens with zero attached hydrogens (tertiary/aromatic N) is 1. The Bertz CT molecular complexity index is 388. The summed E-state index contributed by atoms with van der Waals surface area (Å²) in [5, 5.41) is 7.71. The maximum Gasteiger partial charge on any atom is 0.323 e. The minimum absolute atomic E-state index is 0.187. The van der Waals surface area contributed by atoms with Gasteiger partial charge in [-0.05, 0) is 18.8 Å². The molecule has 1 aliphatic carbocycles. The monoisotopic (exact) mass is 231 g/mol. The molecule has 1 N–H and O–H groups in total. The standard InChI is InChI=1S/C9H13NO4S/c11-9(12)8(7-3-4-7)15(13,14)10-5-1-2-6-10/h1-2,7-8H,3-6H2,(H,11,12). The minimum atomic E-state index is -3.67. The summed E-state index contributed by atoms with van der Waals surface area (Å²) in [6.45, 7) is 0.609. The number of rotatable bonds is 4. The highest BCUT2D eigenvalue weighted by atomic mass is 32.2. The van der Waals surface area contributed by atoms with Crippen LogP contribution in [0.5, 0.6) is 0 Å². The van der Waals surface area contributed by atoms with Gasteiger partial charge in [-0.15, -0.1) is 0 Å². The molecule has 0 amide bonds. The topological polar surface area (TPSA) is 74.7 Å². The van der Waals surface area contributed by atoms with Gasteiger partial charge in [-0.2, -0.15) is 4.31 Å². The molecule has 0 bridgehead atoms. The van der Waals surface area contributed by atoms with Crippen molar-refractivity contribution in [2.45, 2.75) is 18.1 Å². The molecule has 2 aliphatic rings. The second-order valence-corrected chi connectivity index (χ2v) is 5.98. The Kier molecular flexibility index (Phi) is 2.56. The number of carboxylic acid groups (broad SMARTS) is 1. The Morgan fingerprint density at radius 2 is 1.87 bits per heavy atom. The van der Waals surface area contributed by atoms with Gasteiger partial charge in [0.05, 0.1) is 0 Å². The van der Waals surface area contributed by atoms with Gasteiger partial charge in [-0.25, -0.2) is 8.42 Å². The zero-order valence-corrected chi connectivity index (χ0v) is 8.98. The molecule has 0 aromatic carbocycles. The molecule has 1 atom stereocenters. The third-order valence-electron chi connectivity index (χ3n) is 2.76. The molecule has 6 heteroatoms. The third kappa shape index (κ3) is 1.91. The van der Waals surface area contributed by atoms with E-state index in [-0.39, 0.29) is 5.92 Å². The lowest BCUT2D eigenvalue weighted by Gasteiger charge is -2.20. The van der Waals surface area contributed by atoms with Crippen molar-refractivity contribution in [3.63, 3.8) is 0 Å². The Balaban J connectivity index is 2.21. The summed E-state index contributed by atoms with van der Waals surface area (Å²) in [5.74, 6) is -1.41. The molecule has 0 aromatic rings. The minimum Gasteiger partial charge on any atom is -0.480 e. The van der Waals surface area contributed by atoms with Gasteiger partial charge in [0.25, 0.3) is 0 Å². The number of hydrogen-bond donors (Lipinski definition) is 1. The van der Waals surface area contributed by atoms with Crippen LogP contribution in [0, 0.1) is 5.92 Å². The van der Waals surface area contributed by atoms with Crippen LogP contribution >= 0.6 is 0 Å². The van der Waals surface area contributed by atoms with Crippen molar-refractivity contribution >= 4 is 16.0 Å². The van der Waals surface area contributed by atoms with E-state index in [1.54, 1.807) is 12.2 Å². The Morgan fingerprint density at radius 3 is 2.27 bits per heavy atom. The van der Waals surface area contributed by atoms with E-state index in [1.165, 1.54) is 4.31 Å². The van der Waals surface area contributed by atoms with Gasteiger partial charge in [0.1, 0.15) is 0 Å². The normalized spacial score (nSPS) is 24.3. The van der Waals surface area contributed by atoms with Crippen LogP contribution < -0.4 is 0 Å². The first kappa shape index (κ1) is 10.6. The first-order valence-electron chi connectivity index (χ1n) is 4.90. The summed E-state index contributed by atoms with van der Waals surface area (Å²) in [4.78, 5) is 11.0. The maximum absolute atomic E-state index is 12.0. The quantitative estimate of drug-likeness (QED) is 0.694. The van der Waals surface area contributed by atoms with Crippen molar-refractivity contribution in [1.82, 2.24) is 4.31 Å². The number of carbonyl (C=O) groups is 1. The summed E-state index contributed by atoms with van der Waals surface area (Å²) in [7, 11) is -3.67. The van der Waals surface area contributed by atoms with Crippen LogP contribution in [0.4, 0.5) is 0 Å². The maximum atomic E-state index is 12.0. The average Bonchev–Trinajstić information content (AvgIpc) is 2.80. The van der Waals surface area contributed by atoms with Crippen molar-refractivity contribution in [3.05, 3.63) is 12.2 Å². The number of carboxylic acids is 1. The van der Waals surface area contributed by atoms with E-state index in [1.807, 2.05) is 0 Å². The van der Waals surface area contributed by atoms with Gasteiger partial charge < -0.3 is 5.11 Å². The highest BCUT2D eigenvalue weighted by molar-refractivity contribution is 7.90. The van der Waals surface area contributed by atoms with E-state index >= 15 is 0 Å². The van der Waals surface area contributed by atoms with Crippen molar-refractivity contribution in [3.8, 4) is 0 Å². The summed E-state index contributed by atoms with van der Waals surface area (Å²) in [5.41, 5.74) is 0. The van der Waals surface area contributed by atoms with Gasteiger partial charge in [0, 0.05) is 13.1 Å². The van der Waals surface area contributed by atoms with Crippen LogP contribution in [0.3, 0.4) is 0 Å². The van der Waals surface area contributed by atoms with Gasteiger partial charge in [0.2, 0.25) is 10.0 Å². The average molecular weight is 231 g/mol. The van der Waals surface area contributed by atoms with E-state index in [2.05, 4.69) is 0 Å². The first-order chi connectivity index (χ1) is 7.03. The first-order valence-corrected chi connectivity index (χ1v) is 6.40. The van der Waals surface area contributed by atoms with Crippen LogP contribution in [0.15, 0.2) is 12.2 Å². The van der Waals surface area contributed by atoms with E-state index in [0.717, 1.165) is 0 Å². The lowest BCUT2D eigenvalue weighted by Crippen LogP contribution is -2.42. The molecule has 1 fully saturated rings. The van der Waals surface area contributed by atoms with Gasteiger partial charge >= 0.3 is 5.97 Å². The molecule has 5 nitrogen and oxygen atoms in total. The zero-order chi connectivity index (χ0) is 11.1. The zero-order valence-electron chi connectivity index (χ0n) is 8.17. The van der Waals surface area contributed by atoms with E-state index in [4.69, 9.17) is 5.11 Å². The molecule has 0 radical (unpaired) electrons.